The molecule has 5 N–H and O–H groups in total. The number of hydrogen-bond acceptors (Lipinski definition) is 4. The molecule has 3 amide bonds. The molecule has 0 aromatic carbocycles. The third-order valence-corrected chi connectivity index (χ3v) is 1.19. The monoisotopic (exact) mass is 211 g/mol. The molecule has 8 heteroatoms. The van der Waals surface area contributed by atoms with Crippen LogP contribution in [-0.4, -0.2) is 42.7 Å². The van der Waals surface area contributed by atoms with Crippen LogP contribution in [0.5, 0.6) is 0 Å². The van der Waals surface area contributed by atoms with E-state index >= 15 is 0 Å². The van der Waals surface area contributed by atoms with Crippen LogP contribution in [0.15, 0.2) is 0 Å². The summed E-state index contributed by atoms with van der Waals surface area (Å²) in [7, 11) is 0. The molecular formula is C6H11F2N3O3. The van der Waals surface area contributed by atoms with Crippen LogP contribution < -0.4 is 16.4 Å². The van der Waals surface area contributed by atoms with Gasteiger partial charge in [-0.25, -0.2) is 13.6 Å². The Bertz CT molecular complexity index is 212. The summed E-state index contributed by atoms with van der Waals surface area (Å²) in [5.74, 6) is -0.751. The highest BCUT2D eigenvalue weighted by molar-refractivity contribution is 5.94. The molecule has 0 aromatic rings. The van der Waals surface area contributed by atoms with Gasteiger partial charge in [0.05, 0.1) is 6.54 Å². The van der Waals surface area contributed by atoms with Crippen LogP contribution in [0.3, 0.4) is 0 Å². The highest BCUT2D eigenvalue weighted by Crippen LogP contribution is 1.97. The second kappa shape index (κ2) is 6.22. The van der Waals surface area contributed by atoms with E-state index in [4.69, 9.17) is 5.11 Å². The molecule has 0 aliphatic rings. The number of primary amides is 1. The van der Waals surface area contributed by atoms with Gasteiger partial charge in [-0.2, -0.15) is 0 Å². The van der Waals surface area contributed by atoms with Gasteiger partial charge in [0.15, 0.2) is 0 Å². The van der Waals surface area contributed by atoms with Gasteiger partial charge < -0.3 is 16.2 Å². The van der Waals surface area contributed by atoms with Gasteiger partial charge >= 0.3 is 6.03 Å². The molecule has 82 valence electrons. The molecule has 14 heavy (non-hydrogen) atoms. The molecular weight excluding hydrogens is 200 g/mol. The molecule has 0 heterocycles. The molecule has 1 unspecified atom stereocenters. The van der Waals surface area contributed by atoms with Crippen molar-refractivity contribution >= 4 is 11.9 Å². The molecule has 0 rings (SSSR count). The summed E-state index contributed by atoms with van der Waals surface area (Å²) >= 11 is 0. The summed E-state index contributed by atoms with van der Waals surface area (Å²) in [6, 6.07) is -1.02. The first kappa shape index (κ1) is 12.7. The Kier molecular flexibility index (Phi) is 5.65. The minimum atomic E-state index is -2.87. The summed E-state index contributed by atoms with van der Waals surface area (Å²) in [5, 5.41) is 12.5. The van der Waals surface area contributed by atoms with E-state index in [1.54, 1.807) is 5.32 Å². The first-order valence-corrected chi connectivity index (χ1v) is 3.69. The number of hydrogen-bond donors (Lipinski definition) is 4. The van der Waals surface area contributed by atoms with E-state index in [0.717, 1.165) is 0 Å². The third-order valence-electron chi connectivity index (χ3n) is 1.19. The average molecular weight is 211 g/mol. The summed E-state index contributed by atoms with van der Waals surface area (Å²) in [5.41, 5.74) is 4.61. The number of nitrogens with one attached hydrogen (secondary N) is 2. The number of carbonyl (C=O) groups is 2. The fraction of sp³-hybridized carbons (Fsp3) is 0.667. The molecule has 0 aromatic heterocycles. The molecule has 0 saturated carbocycles. The maximum Gasteiger partial charge on any atom is 0.318 e. The van der Waals surface area contributed by atoms with Gasteiger partial charge in [-0.3, -0.25) is 10.1 Å². The number of aliphatic hydroxyl groups is 1. The number of carbonyl (C=O) groups excluding carboxylic acids is 2. The lowest BCUT2D eigenvalue weighted by Gasteiger charge is -2.09. The molecule has 0 spiro atoms. The number of halogens is 2. The topological polar surface area (TPSA) is 104 Å². The summed E-state index contributed by atoms with van der Waals surface area (Å²) in [4.78, 5) is 20.8. The SMILES string of the molecule is NC(=O)NC(=O)CNCC(O)C(F)F. The molecule has 0 aliphatic heterocycles. The summed E-state index contributed by atoms with van der Waals surface area (Å²) in [6.07, 6.45) is -4.71. The highest BCUT2D eigenvalue weighted by atomic mass is 19.3. The van der Waals surface area contributed by atoms with Crippen LogP contribution in [0.4, 0.5) is 13.6 Å². The van der Waals surface area contributed by atoms with Crippen LogP contribution in [0.25, 0.3) is 0 Å². The van der Waals surface area contributed by atoms with Gasteiger partial charge in [0.2, 0.25) is 5.91 Å². The van der Waals surface area contributed by atoms with Crippen molar-refractivity contribution < 1.29 is 23.5 Å². The zero-order valence-electron chi connectivity index (χ0n) is 7.17. The molecule has 0 bridgehead atoms. The van der Waals surface area contributed by atoms with E-state index in [-0.39, 0.29) is 6.54 Å². The zero-order valence-corrected chi connectivity index (χ0v) is 7.17. The fourth-order valence-electron chi connectivity index (χ4n) is 0.604. The number of imide groups is 1. The predicted octanol–water partition coefficient (Wildman–Crippen LogP) is -1.60. The van der Waals surface area contributed by atoms with Crippen molar-refractivity contribution in [1.29, 1.82) is 0 Å². The van der Waals surface area contributed by atoms with E-state index in [0.29, 0.717) is 0 Å². The van der Waals surface area contributed by atoms with Crippen LogP contribution in [-0.2, 0) is 4.79 Å². The van der Waals surface area contributed by atoms with Gasteiger partial charge in [-0.1, -0.05) is 0 Å². The number of alkyl halides is 2. The van der Waals surface area contributed by atoms with E-state index in [1.165, 1.54) is 0 Å². The quantitative estimate of drug-likeness (QED) is 0.439. The minimum Gasteiger partial charge on any atom is -0.386 e. The van der Waals surface area contributed by atoms with Crippen molar-refractivity contribution in [2.24, 2.45) is 5.73 Å². The van der Waals surface area contributed by atoms with Crippen molar-refractivity contribution in [3.05, 3.63) is 0 Å². The maximum atomic E-state index is 11.7. The predicted molar refractivity (Wildman–Crippen MR) is 42.6 cm³/mol. The molecule has 0 radical (unpaired) electrons. The first-order valence-electron chi connectivity index (χ1n) is 3.69. The largest absolute Gasteiger partial charge is 0.386 e. The summed E-state index contributed by atoms with van der Waals surface area (Å²) < 4.78 is 23.4. The Morgan fingerprint density at radius 1 is 1.43 bits per heavy atom. The molecule has 6 nitrogen and oxygen atoms in total. The Morgan fingerprint density at radius 2 is 2.00 bits per heavy atom. The minimum absolute atomic E-state index is 0.368. The Labute approximate surface area is 78.5 Å². The van der Waals surface area contributed by atoms with Crippen molar-refractivity contribution in [3.8, 4) is 0 Å². The number of amides is 3. The molecule has 1 atom stereocenters. The third kappa shape index (κ3) is 6.26. The maximum absolute atomic E-state index is 11.7. The lowest BCUT2D eigenvalue weighted by atomic mass is 10.3. The van der Waals surface area contributed by atoms with E-state index in [1.807, 2.05) is 0 Å². The van der Waals surface area contributed by atoms with E-state index in [9.17, 15) is 18.4 Å². The number of rotatable bonds is 5. The van der Waals surface area contributed by atoms with Crippen molar-refractivity contribution in [3.63, 3.8) is 0 Å². The van der Waals surface area contributed by atoms with Crippen molar-refractivity contribution in [2.75, 3.05) is 13.1 Å². The molecule has 0 aliphatic carbocycles. The second-order valence-corrected chi connectivity index (χ2v) is 2.45. The fourth-order valence-corrected chi connectivity index (χ4v) is 0.604. The zero-order chi connectivity index (χ0) is 11.1. The molecule has 0 saturated heterocycles. The lowest BCUT2D eigenvalue weighted by Crippen LogP contribution is -2.43. The van der Waals surface area contributed by atoms with Crippen molar-refractivity contribution in [2.45, 2.75) is 12.5 Å². The Hall–Kier alpha value is -1.28. The molecule has 0 fully saturated rings. The average Bonchev–Trinajstić information content (AvgIpc) is 2.02. The van der Waals surface area contributed by atoms with Gasteiger partial charge in [0.25, 0.3) is 6.43 Å². The number of nitrogens with two attached hydrogens (primary N) is 1. The van der Waals surface area contributed by atoms with Crippen LogP contribution in [0.1, 0.15) is 0 Å². The Morgan fingerprint density at radius 3 is 2.43 bits per heavy atom. The second-order valence-electron chi connectivity index (χ2n) is 2.45. The van der Waals surface area contributed by atoms with Gasteiger partial charge in [0.1, 0.15) is 6.10 Å². The van der Waals surface area contributed by atoms with E-state index in [2.05, 4.69) is 11.1 Å². The van der Waals surface area contributed by atoms with Gasteiger partial charge in [-0.05, 0) is 0 Å². The highest BCUT2D eigenvalue weighted by Gasteiger charge is 2.16. The lowest BCUT2D eigenvalue weighted by molar-refractivity contribution is -0.119. The number of aliphatic hydroxyl groups excluding tert-OH is 1. The Balaban J connectivity index is 3.54. The van der Waals surface area contributed by atoms with Crippen molar-refractivity contribution in [1.82, 2.24) is 10.6 Å². The van der Waals surface area contributed by atoms with Crippen LogP contribution in [0.2, 0.25) is 0 Å². The first-order chi connectivity index (χ1) is 6.43. The van der Waals surface area contributed by atoms with Gasteiger partial charge in [0, 0.05) is 6.54 Å². The normalized spacial score (nSPS) is 12.6. The standard InChI is InChI=1S/C6H11F2N3O3/c7-5(8)3(12)1-10-2-4(13)11-6(9)14/h3,5,10,12H,1-2H2,(H3,9,11,13,14). The van der Waals surface area contributed by atoms with Gasteiger partial charge in [-0.15, -0.1) is 0 Å². The number of urea groups is 1. The smallest absolute Gasteiger partial charge is 0.318 e. The summed E-state index contributed by atoms with van der Waals surface area (Å²) in [6.45, 7) is -0.809. The van der Waals surface area contributed by atoms with Crippen LogP contribution in [0, 0.1) is 0 Å². The van der Waals surface area contributed by atoms with Crippen LogP contribution >= 0.6 is 0 Å². The van der Waals surface area contributed by atoms with E-state index < -0.39 is 31.0 Å².